The van der Waals surface area contributed by atoms with E-state index in [0.717, 1.165) is 12.8 Å². The van der Waals surface area contributed by atoms with Crippen LogP contribution >= 0.6 is 0 Å². The van der Waals surface area contributed by atoms with Gasteiger partial charge in [-0.2, -0.15) is 5.10 Å². The number of para-hydroxylation sites is 1. The van der Waals surface area contributed by atoms with Crippen LogP contribution in [-0.2, 0) is 11.3 Å². The second kappa shape index (κ2) is 7.38. The molecule has 158 valence electrons. The van der Waals surface area contributed by atoms with E-state index < -0.39 is 12.4 Å². The van der Waals surface area contributed by atoms with Gasteiger partial charge in [0, 0.05) is 32.3 Å². The van der Waals surface area contributed by atoms with Crippen LogP contribution in [0.1, 0.15) is 31.8 Å². The number of carbonyl (C=O) groups excluding carboxylic acids is 2. The average Bonchev–Trinajstić information content (AvgIpc) is 3.53. The first-order valence-electron chi connectivity index (χ1n) is 10.9. The highest BCUT2D eigenvalue weighted by Crippen LogP contribution is 2.38. The van der Waals surface area contributed by atoms with E-state index in [1.165, 1.54) is 11.9 Å². The Morgan fingerprint density at radius 1 is 1.19 bits per heavy atom. The molecule has 0 bridgehead atoms. The van der Waals surface area contributed by atoms with Crippen LogP contribution in [0.5, 0.6) is 0 Å². The first-order chi connectivity index (χ1) is 15.8. The lowest BCUT2D eigenvalue weighted by molar-refractivity contribution is -0.117. The molecule has 1 aliphatic heterocycles. The normalized spacial score (nSPS) is 17.0. The van der Waals surface area contributed by atoms with Gasteiger partial charge in [-0.1, -0.05) is 6.07 Å². The standard InChI is InChI=1S/C21H22N8O2/c1-22-21(31)18-15(10-17(26-27-18)25-20(30)12-6-7-12)24-14-4-3-5-16-19(14)28(2)11-13-8-9-23-29(13)16/h3-5,8-10,12H,6-7,11H2,1-2H3,(H,22,31)(H2,24,25,26,30)/i11D2. The summed E-state index contributed by atoms with van der Waals surface area (Å²) in [7, 11) is 3.15. The number of carbonyl (C=O) groups is 2. The number of rotatable bonds is 5. The summed E-state index contributed by atoms with van der Waals surface area (Å²) < 4.78 is 18.8. The van der Waals surface area contributed by atoms with Gasteiger partial charge < -0.3 is 20.9 Å². The minimum absolute atomic E-state index is 0.0119. The van der Waals surface area contributed by atoms with Crippen LogP contribution < -0.4 is 20.9 Å². The van der Waals surface area contributed by atoms with Gasteiger partial charge in [0.05, 0.1) is 37.7 Å². The highest BCUT2D eigenvalue weighted by Gasteiger charge is 2.30. The van der Waals surface area contributed by atoms with Crippen molar-refractivity contribution in [2.75, 3.05) is 29.6 Å². The Morgan fingerprint density at radius 3 is 2.81 bits per heavy atom. The molecule has 1 saturated carbocycles. The van der Waals surface area contributed by atoms with Crippen molar-refractivity contribution < 1.29 is 12.3 Å². The van der Waals surface area contributed by atoms with Gasteiger partial charge in [0.2, 0.25) is 5.91 Å². The molecule has 10 heteroatoms. The number of fused-ring (bicyclic) bond motifs is 3. The van der Waals surface area contributed by atoms with E-state index >= 15 is 0 Å². The fourth-order valence-corrected chi connectivity index (χ4v) is 3.52. The first-order valence-corrected chi connectivity index (χ1v) is 9.90. The van der Waals surface area contributed by atoms with Gasteiger partial charge >= 0.3 is 0 Å². The molecule has 2 amide bonds. The number of aromatic nitrogens is 4. The Balaban J connectivity index is 1.58. The molecule has 10 nitrogen and oxygen atoms in total. The van der Waals surface area contributed by atoms with Crippen molar-refractivity contribution >= 4 is 34.7 Å². The maximum absolute atomic E-state index is 12.4. The second-order valence-corrected chi connectivity index (χ2v) is 7.43. The number of nitrogens with one attached hydrogen (secondary N) is 3. The van der Waals surface area contributed by atoms with E-state index in [2.05, 4.69) is 31.2 Å². The molecule has 1 aliphatic carbocycles. The summed E-state index contributed by atoms with van der Waals surface area (Å²) in [6.45, 7) is -1.81. The third kappa shape index (κ3) is 3.45. The third-order valence-corrected chi connectivity index (χ3v) is 5.21. The van der Waals surface area contributed by atoms with Crippen molar-refractivity contribution in [3.8, 4) is 5.69 Å². The van der Waals surface area contributed by atoms with Gasteiger partial charge in [-0.15, -0.1) is 10.2 Å². The summed E-state index contributed by atoms with van der Waals surface area (Å²) in [6.07, 6.45) is 3.25. The predicted octanol–water partition coefficient (Wildman–Crippen LogP) is 2.06. The quantitative estimate of drug-likeness (QED) is 0.578. The maximum Gasteiger partial charge on any atom is 0.273 e. The molecule has 2 aliphatic rings. The molecule has 0 unspecified atom stereocenters. The SMILES string of the molecule is [2H]C1([2H])c2ccnn2-c2cccc(Nc3cc(NC(=O)C4CC4)nnc3C(=O)NC)c2N1C. The lowest BCUT2D eigenvalue weighted by Crippen LogP contribution is -2.27. The van der Waals surface area contributed by atoms with E-state index in [0.29, 0.717) is 28.4 Å². The van der Waals surface area contributed by atoms with Crippen molar-refractivity contribution in [3.63, 3.8) is 0 Å². The van der Waals surface area contributed by atoms with Gasteiger partial charge in [0.25, 0.3) is 5.91 Å². The van der Waals surface area contributed by atoms with Gasteiger partial charge in [-0.25, -0.2) is 4.68 Å². The number of hydrogen-bond acceptors (Lipinski definition) is 7. The van der Waals surface area contributed by atoms with Gasteiger partial charge in [0.15, 0.2) is 11.5 Å². The van der Waals surface area contributed by atoms with Crippen molar-refractivity contribution in [2.24, 2.45) is 5.92 Å². The largest absolute Gasteiger partial charge is 0.365 e. The molecule has 2 aromatic heterocycles. The fraction of sp³-hybridized carbons (Fsp3) is 0.286. The number of amides is 2. The van der Waals surface area contributed by atoms with E-state index in [-0.39, 0.29) is 23.3 Å². The highest BCUT2D eigenvalue weighted by atomic mass is 16.2. The maximum atomic E-state index is 12.4. The van der Waals surface area contributed by atoms with Crippen LogP contribution in [-0.4, -0.2) is 45.9 Å². The van der Waals surface area contributed by atoms with Crippen LogP contribution in [0.25, 0.3) is 5.69 Å². The third-order valence-electron chi connectivity index (χ3n) is 5.21. The summed E-state index contributed by atoms with van der Waals surface area (Å²) in [5, 5.41) is 20.8. The summed E-state index contributed by atoms with van der Waals surface area (Å²) in [6, 6.07) is 8.62. The zero-order chi connectivity index (χ0) is 23.3. The van der Waals surface area contributed by atoms with Crippen molar-refractivity contribution in [2.45, 2.75) is 19.3 Å². The lowest BCUT2D eigenvalue weighted by Gasteiger charge is -2.30. The van der Waals surface area contributed by atoms with E-state index in [1.54, 1.807) is 36.1 Å². The molecule has 0 spiro atoms. The van der Waals surface area contributed by atoms with Gasteiger partial charge in [0.1, 0.15) is 0 Å². The van der Waals surface area contributed by atoms with Crippen molar-refractivity contribution in [1.29, 1.82) is 0 Å². The highest BCUT2D eigenvalue weighted by molar-refractivity contribution is 6.00. The van der Waals surface area contributed by atoms with Crippen molar-refractivity contribution in [3.05, 3.63) is 47.9 Å². The molecule has 31 heavy (non-hydrogen) atoms. The smallest absolute Gasteiger partial charge is 0.273 e. The summed E-state index contributed by atoms with van der Waals surface area (Å²) in [5.74, 6) is -0.362. The zero-order valence-electron chi connectivity index (χ0n) is 19.0. The first kappa shape index (κ1) is 16.8. The zero-order valence-corrected chi connectivity index (χ0v) is 17.0. The summed E-state index contributed by atoms with van der Waals surface area (Å²) in [5.41, 5.74) is 2.56. The molecule has 0 atom stereocenters. The van der Waals surface area contributed by atoms with E-state index in [9.17, 15) is 9.59 Å². The van der Waals surface area contributed by atoms with Gasteiger partial charge in [-0.05, 0) is 31.0 Å². The molecule has 0 radical (unpaired) electrons. The van der Waals surface area contributed by atoms with Crippen molar-refractivity contribution in [1.82, 2.24) is 25.3 Å². The van der Waals surface area contributed by atoms with Crippen LogP contribution in [0.15, 0.2) is 36.5 Å². The Bertz CT molecular complexity index is 1270. The Hall–Kier alpha value is -3.95. The molecule has 5 rings (SSSR count). The fourth-order valence-electron chi connectivity index (χ4n) is 3.52. The molecule has 3 heterocycles. The minimum Gasteiger partial charge on any atom is -0.365 e. The lowest BCUT2D eigenvalue weighted by atomic mass is 10.1. The molecule has 1 aromatic carbocycles. The van der Waals surface area contributed by atoms with E-state index in [4.69, 9.17) is 2.74 Å². The molecular weight excluding hydrogens is 396 g/mol. The summed E-state index contributed by atoms with van der Waals surface area (Å²) in [4.78, 5) is 26.1. The topological polar surface area (TPSA) is 117 Å². The van der Waals surface area contributed by atoms with Gasteiger partial charge in [-0.3, -0.25) is 9.59 Å². The summed E-state index contributed by atoms with van der Waals surface area (Å²) >= 11 is 0. The van der Waals surface area contributed by atoms with Crippen LogP contribution in [0.3, 0.4) is 0 Å². The Labute approximate surface area is 181 Å². The predicted molar refractivity (Wildman–Crippen MR) is 116 cm³/mol. The Kier molecular flexibility index (Phi) is 4.00. The number of nitrogens with zero attached hydrogens (tertiary/aromatic N) is 5. The second-order valence-electron chi connectivity index (χ2n) is 7.43. The number of hydrogen-bond donors (Lipinski definition) is 3. The molecule has 3 aromatic rings. The minimum atomic E-state index is -1.81. The van der Waals surface area contributed by atoms with Crippen LogP contribution in [0.4, 0.5) is 22.9 Å². The van der Waals surface area contributed by atoms with Crippen LogP contribution in [0.2, 0.25) is 0 Å². The molecule has 1 fully saturated rings. The molecule has 0 saturated heterocycles. The van der Waals surface area contributed by atoms with Crippen LogP contribution in [0, 0.1) is 5.92 Å². The average molecular weight is 420 g/mol. The number of benzene rings is 1. The van der Waals surface area contributed by atoms with E-state index in [1.807, 2.05) is 12.1 Å². The number of anilines is 4. The monoisotopic (exact) mass is 420 g/mol. The molecule has 3 N–H and O–H groups in total. The molecular formula is C21H22N8O2. The Morgan fingerprint density at radius 2 is 2.03 bits per heavy atom.